The Hall–Kier alpha value is -1.26. The molecule has 2 aromatic rings. The van der Waals surface area contributed by atoms with Crippen LogP contribution in [0, 0.1) is 6.92 Å². The number of benzene rings is 1. The maximum absolute atomic E-state index is 4.50. The minimum atomic E-state index is 0.402. The number of nitrogens with one attached hydrogen (secondary N) is 1. The van der Waals surface area contributed by atoms with Gasteiger partial charge >= 0.3 is 0 Å². The summed E-state index contributed by atoms with van der Waals surface area (Å²) in [6.07, 6.45) is 0. The van der Waals surface area contributed by atoms with Gasteiger partial charge in [0.15, 0.2) is 0 Å². The minimum absolute atomic E-state index is 0.402. The van der Waals surface area contributed by atoms with Crippen LogP contribution in [0.2, 0.25) is 0 Å². The normalized spacial score (nSPS) is 12.6. The Kier molecular flexibility index (Phi) is 5.88. The monoisotopic (exact) mass is 303 g/mol. The first kappa shape index (κ1) is 16.1. The maximum atomic E-state index is 4.50. The van der Waals surface area contributed by atoms with Gasteiger partial charge < -0.3 is 5.32 Å². The third kappa shape index (κ3) is 4.35. The molecule has 1 aromatic heterocycles. The van der Waals surface area contributed by atoms with E-state index in [0.717, 1.165) is 24.5 Å². The van der Waals surface area contributed by atoms with E-state index in [2.05, 4.69) is 73.1 Å². The molecule has 0 aliphatic rings. The van der Waals surface area contributed by atoms with Gasteiger partial charge in [0.25, 0.3) is 0 Å². The Morgan fingerprint density at radius 1 is 1.29 bits per heavy atom. The lowest BCUT2D eigenvalue weighted by Crippen LogP contribution is -2.17. The first-order valence-corrected chi connectivity index (χ1v) is 8.62. The van der Waals surface area contributed by atoms with Crippen molar-refractivity contribution in [3.8, 4) is 0 Å². The van der Waals surface area contributed by atoms with Gasteiger partial charge in [-0.05, 0) is 51.1 Å². The molecule has 0 bridgehead atoms. The van der Waals surface area contributed by atoms with Gasteiger partial charge in [-0.3, -0.25) is 4.68 Å². The largest absolute Gasteiger partial charge is 0.310 e. The summed E-state index contributed by atoms with van der Waals surface area (Å²) in [4.78, 5) is 1.32. The quantitative estimate of drug-likeness (QED) is 0.778. The average Bonchev–Trinajstić information content (AvgIpc) is 2.86. The average molecular weight is 303 g/mol. The molecule has 1 heterocycles. The topological polar surface area (TPSA) is 29.9 Å². The van der Waals surface area contributed by atoms with Crippen LogP contribution in [-0.4, -0.2) is 16.3 Å². The number of nitrogens with zero attached hydrogens (tertiary/aromatic N) is 2. The van der Waals surface area contributed by atoms with Crippen LogP contribution in [0.4, 0.5) is 0 Å². The third-order valence-corrected chi connectivity index (χ3v) is 4.57. The van der Waals surface area contributed by atoms with Crippen molar-refractivity contribution in [2.24, 2.45) is 0 Å². The third-order valence-electron chi connectivity index (χ3n) is 3.54. The molecule has 114 valence electrons. The summed E-state index contributed by atoms with van der Waals surface area (Å²) < 4.78 is 2.09. The highest BCUT2D eigenvalue weighted by atomic mass is 32.2. The van der Waals surface area contributed by atoms with E-state index in [1.54, 1.807) is 0 Å². The molecule has 0 aliphatic heterocycles. The molecule has 0 radical (unpaired) electrons. The summed E-state index contributed by atoms with van der Waals surface area (Å²) in [6.45, 7) is 10.5. The Balaban J connectivity index is 2.04. The molecule has 3 nitrogen and oxygen atoms in total. The second-order valence-electron chi connectivity index (χ2n) is 5.23. The van der Waals surface area contributed by atoms with Gasteiger partial charge in [-0.1, -0.05) is 19.1 Å². The Morgan fingerprint density at radius 2 is 2.10 bits per heavy atom. The van der Waals surface area contributed by atoms with Gasteiger partial charge in [0.1, 0.15) is 0 Å². The number of rotatable bonds is 7. The molecular formula is C17H25N3S. The van der Waals surface area contributed by atoms with Gasteiger partial charge in [0.05, 0.1) is 5.69 Å². The van der Waals surface area contributed by atoms with Crippen LogP contribution in [0.5, 0.6) is 0 Å². The number of hydrogen-bond acceptors (Lipinski definition) is 3. The molecule has 1 atom stereocenters. The summed E-state index contributed by atoms with van der Waals surface area (Å²) in [5.41, 5.74) is 3.74. The minimum Gasteiger partial charge on any atom is -0.310 e. The lowest BCUT2D eigenvalue weighted by molar-refractivity contribution is 0.597. The molecule has 0 saturated heterocycles. The van der Waals surface area contributed by atoms with E-state index in [0.29, 0.717) is 6.04 Å². The zero-order valence-electron chi connectivity index (χ0n) is 13.4. The van der Waals surface area contributed by atoms with Crippen LogP contribution in [0.1, 0.15) is 43.8 Å². The molecule has 0 saturated carbocycles. The highest BCUT2D eigenvalue weighted by Crippen LogP contribution is 2.26. The molecule has 1 N–H and O–H groups in total. The molecular weight excluding hydrogens is 278 g/mol. The van der Waals surface area contributed by atoms with Crippen molar-refractivity contribution in [1.82, 2.24) is 15.1 Å². The first-order valence-electron chi connectivity index (χ1n) is 7.63. The molecule has 4 heteroatoms. The van der Waals surface area contributed by atoms with Crippen LogP contribution >= 0.6 is 11.8 Å². The lowest BCUT2D eigenvalue weighted by atomic mass is 10.1. The van der Waals surface area contributed by atoms with E-state index in [1.807, 2.05) is 11.8 Å². The highest BCUT2D eigenvalue weighted by Gasteiger charge is 2.07. The van der Waals surface area contributed by atoms with Gasteiger partial charge in [0, 0.05) is 28.9 Å². The number of aryl methyl sites for hydroxylation is 2. The molecule has 0 amide bonds. The Bertz CT molecular complexity index is 577. The van der Waals surface area contributed by atoms with Crippen LogP contribution in [-0.2, 0) is 12.3 Å². The Labute approximate surface area is 132 Å². The summed E-state index contributed by atoms with van der Waals surface area (Å²) in [5, 5.41) is 7.97. The molecule has 1 aromatic carbocycles. The summed E-state index contributed by atoms with van der Waals surface area (Å²) in [5.74, 6) is 0.966. The van der Waals surface area contributed by atoms with E-state index >= 15 is 0 Å². The molecule has 0 aliphatic carbocycles. The second kappa shape index (κ2) is 7.66. The van der Waals surface area contributed by atoms with Crippen molar-refractivity contribution in [2.75, 3.05) is 6.54 Å². The number of thioether (sulfide) groups is 1. The predicted molar refractivity (Wildman–Crippen MR) is 90.7 cm³/mol. The molecule has 21 heavy (non-hydrogen) atoms. The van der Waals surface area contributed by atoms with E-state index in [9.17, 15) is 0 Å². The molecule has 2 rings (SSSR count). The van der Waals surface area contributed by atoms with Crippen molar-refractivity contribution in [3.63, 3.8) is 0 Å². The summed E-state index contributed by atoms with van der Waals surface area (Å²) in [6, 6.07) is 11.4. The zero-order valence-corrected chi connectivity index (χ0v) is 14.2. The van der Waals surface area contributed by atoms with Gasteiger partial charge in [0.2, 0.25) is 0 Å². The molecule has 0 fully saturated rings. The maximum Gasteiger partial charge on any atom is 0.0596 e. The fraction of sp³-hybridized carbons (Fsp3) is 0.471. The van der Waals surface area contributed by atoms with Gasteiger partial charge in [-0.25, -0.2) is 0 Å². The van der Waals surface area contributed by atoms with Gasteiger partial charge in [-0.2, -0.15) is 5.10 Å². The van der Waals surface area contributed by atoms with Crippen molar-refractivity contribution in [1.29, 1.82) is 0 Å². The van der Waals surface area contributed by atoms with Gasteiger partial charge in [-0.15, -0.1) is 11.8 Å². The Morgan fingerprint density at radius 3 is 2.81 bits per heavy atom. The van der Waals surface area contributed by atoms with Crippen molar-refractivity contribution >= 4 is 11.8 Å². The smallest absolute Gasteiger partial charge is 0.0596 e. The van der Waals surface area contributed by atoms with Crippen LogP contribution in [0.3, 0.4) is 0 Å². The summed E-state index contributed by atoms with van der Waals surface area (Å²) >= 11 is 1.88. The standard InChI is InChI=1S/C17H25N3S/c1-5-18-14(4)15-8-7-9-17(11-15)21-12-16-10-13(3)19-20(16)6-2/h7-11,14,18H,5-6,12H2,1-4H3. The van der Waals surface area contributed by atoms with Crippen LogP contribution in [0.25, 0.3) is 0 Å². The van der Waals surface area contributed by atoms with E-state index in [-0.39, 0.29) is 0 Å². The van der Waals surface area contributed by atoms with Crippen LogP contribution in [0.15, 0.2) is 35.2 Å². The zero-order chi connectivity index (χ0) is 15.2. The van der Waals surface area contributed by atoms with E-state index < -0.39 is 0 Å². The highest BCUT2D eigenvalue weighted by molar-refractivity contribution is 7.98. The second-order valence-corrected chi connectivity index (χ2v) is 6.28. The SMILES string of the molecule is CCNC(C)c1cccc(SCc2cc(C)nn2CC)c1. The van der Waals surface area contributed by atoms with Crippen molar-refractivity contribution in [2.45, 2.75) is 50.9 Å². The van der Waals surface area contributed by atoms with E-state index in [4.69, 9.17) is 0 Å². The van der Waals surface area contributed by atoms with Crippen molar-refractivity contribution < 1.29 is 0 Å². The molecule has 1 unspecified atom stereocenters. The fourth-order valence-electron chi connectivity index (χ4n) is 2.44. The summed E-state index contributed by atoms with van der Waals surface area (Å²) in [7, 11) is 0. The first-order chi connectivity index (χ1) is 10.1. The fourth-order valence-corrected chi connectivity index (χ4v) is 3.39. The van der Waals surface area contributed by atoms with Crippen LogP contribution < -0.4 is 5.32 Å². The molecule has 0 spiro atoms. The van der Waals surface area contributed by atoms with Crippen molar-refractivity contribution in [3.05, 3.63) is 47.3 Å². The lowest BCUT2D eigenvalue weighted by Gasteiger charge is -2.13. The number of hydrogen-bond donors (Lipinski definition) is 1. The van der Waals surface area contributed by atoms with E-state index in [1.165, 1.54) is 16.2 Å². The predicted octanol–water partition coefficient (Wildman–Crippen LogP) is 4.17. The number of aromatic nitrogens is 2.